The summed E-state index contributed by atoms with van der Waals surface area (Å²) in [7, 11) is 1.86. The zero-order valence-corrected chi connectivity index (χ0v) is 9.60. The smallest absolute Gasteiger partial charge is 0.322 e. The minimum atomic E-state index is -0.0880. The number of likely N-dealkylation sites (N-methyl/N-ethyl adjacent to an activating group) is 1. The molecule has 1 atom stereocenters. The first-order valence-electron chi connectivity index (χ1n) is 5.47. The number of nitrogens with zero attached hydrogens (tertiary/aromatic N) is 2. The molecule has 0 aromatic heterocycles. The highest BCUT2D eigenvalue weighted by Crippen LogP contribution is 2.18. The number of carbonyl (C=O) groups is 1. The van der Waals surface area contributed by atoms with Crippen molar-refractivity contribution in [2.45, 2.75) is 6.04 Å². The number of rotatable bonds is 3. The van der Waals surface area contributed by atoms with Gasteiger partial charge in [0.25, 0.3) is 0 Å². The molecule has 2 rings (SSSR count). The van der Waals surface area contributed by atoms with E-state index >= 15 is 0 Å². The molecule has 2 amide bonds. The molecule has 1 aromatic rings. The monoisotopic (exact) mass is 230 g/mol. The van der Waals surface area contributed by atoms with Crippen molar-refractivity contribution in [1.29, 1.82) is 5.26 Å². The van der Waals surface area contributed by atoms with Gasteiger partial charge in [0.05, 0.1) is 17.7 Å². The van der Waals surface area contributed by atoms with Gasteiger partial charge in [-0.1, -0.05) is 0 Å². The van der Waals surface area contributed by atoms with E-state index in [0.717, 1.165) is 12.2 Å². The zero-order valence-electron chi connectivity index (χ0n) is 9.60. The van der Waals surface area contributed by atoms with Gasteiger partial charge < -0.3 is 10.6 Å². The largest absolute Gasteiger partial charge is 0.332 e. The molecule has 5 heteroatoms. The van der Waals surface area contributed by atoms with Crippen LogP contribution in [0.2, 0.25) is 0 Å². The summed E-state index contributed by atoms with van der Waals surface area (Å²) in [5, 5.41) is 14.6. The molecule has 17 heavy (non-hydrogen) atoms. The van der Waals surface area contributed by atoms with E-state index in [9.17, 15) is 4.79 Å². The summed E-state index contributed by atoms with van der Waals surface area (Å²) in [4.78, 5) is 13.4. The number of anilines is 1. The van der Waals surface area contributed by atoms with Crippen LogP contribution < -0.4 is 15.5 Å². The van der Waals surface area contributed by atoms with E-state index in [1.165, 1.54) is 0 Å². The standard InChI is InChI=1S/C12H14N4O/c1-14-7-10-8-16(12(17)15-10)11-4-2-9(6-13)3-5-11/h2-5,10,14H,7-8H2,1H3,(H,15,17). The van der Waals surface area contributed by atoms with Crippen LogP contribution in [0.25, 0.3) is 0 Å². The molecule has 88 valence electrons. The first-order chi connectivity index (χ1) is 8.24. The fourth-order valence-corrected chi connectivity index (χ4v) is 1.90. The van der Waals surface area contributed by atoms with Crippen LogP contribution in [0.1, 0.15) is 5.56 Å². The number of urea groups is 1. The Bertz CT molecular complexity index is 449. The van der Waals surface area contributed by atoms with Crippen molar-refractivity contribution in [2.75, 3.05) is 25.0 Å². The maximum absolute atomic E-state index is 11.7. The van der Waals surface area contributed by atoms with E-state index in [4.69, 9.17) is 5.26 Å². The van der Waals surface area contributed by atoms with E-state index < -0.39 is 0 Å². The van der Waals surface area contributed by atoms with Crippen molar-refractivity contribution in [1.82, 2.24) is 10.6 Å². The number of benzene rings is 1. The zero-order chi connectivity index (χ0) is 12.3. The molecule has 1 aromatic carbocycles. The minimum absolute atomic E-state index is 0.0880. The first-order valence-corrected chi connectivity index (χ1v) is 5.47. The molecule has 0 aliphatic carbocycles. The molecule has 0 spiro atoms. The lowest BCUT2D eigenvalue weighted by molar-refractivity contribution is 0.251. The van der Waals surface area contributed by atoms with Gasteiger partial charge in [0.15, 0.2) is 0 Å². The van der Waals surface area contributed by atoms with Crippen molar-refractivity contribution < 1.29 is 4.79 Å². The number of hydrogen-bond donors (Lipinski definition) is 2. The summed E-state index contributed by atoms with van der Waals surface area (Å²) >= 11 is 0. The van der Waals surface area contributed by atoms with Crippen LogP contribution in [0.4, 0.5) is 10.5 Å². The molecule has 1 aliphatic rings. The van der Waals surface area contributed by atoms with Gasteiger partial charge in [0, 0.05) is 18.8 Å². The first kappa shape index (κ1) is 11.4. The minimum Gasteiger partial charge on any atom is -0.332 e. The molecule has 0 saturated carbocycles. The summed E-state index contributed by atoms with van der Waals surface area (Å²) in [5.41, 5.74) is 1.42. The van der Waals surface area contributed by atoms with Crippen LogP contribution in [0.15, 0.2) is 24.3 Å². The Hall–Kier alpha value is -2.06. The van der Waals surface area contributed by atoms with Crippen LogP contribution >= 0.6 is 0 Å². The third-order valence-corrected chi connectivity index (χ3v) is 2.73. The Morgan fingerprint density at radius 2 is 2.24 bits per heavy atom. The van der Waals surface area contributed by atoms with E-state index in [2.05, 4.69) is 16.7 Å². The quantitative estimate of drug-likeness (QED) is 0.802. The lowest BCUT2D eigenvalue weighted by Gasteiger charge is -2.14. The van der Waals surface area contributed by atoms with Crippen molar-refractivity contribution in [2.24, 2.45) is 0 Å². The summed E-state index contributed by atoms with van der Waals surface area (Å²) in [5.74, 6) is 0. The number of hydrogen-bond acceptors (Lipinski definition) is 3. The Kier molecular flexibility index (Phi) is 3.26. The molecule has 1 heterocycles. The fourth-order valence-electron chi connectivity index (χ4n) is 1.90. The van der Waals surface area contributed by atoms with Gasteiger partial charge in [-0.3, -0.25) is 4.90 Å². The summed E-state index contributed by atoms with van der Waals surface area (Å²) < 4.78 is 0. The second kappa shape index (κ2) is 4.85. The normalized spacial score (nSPS) is 18.9. The lowest BCUT2D eigenvalue weighted by Crippen LogP contribution is -2.35. The molecule has 1 unspecified atom stereocenters. The molecule has 5 nitrogen and oxygen atoms in total. The second-order valence-electron chi connectivity index (χ2n) is 3.97. The third kappa shape index (κ3) is 2.37. The Morgan fingerprint density at radius 1 is 1.53 bits per heavy atom. The van der Waals surface area contributed by atoms with Crippen molar-refractivity contribution >= 4 is 11.7 Å². The van der Waals surface area contributed by atoms with Gasteiger partial charge in [-0.2, -0.15) is 5.26 Å². The number of nitriles is 1. The SMILES string of the molecule is CNCC1CN(c2ccc(C#N)cc2)C(=O)N1. The Balaban J connectivity index is 2.12. The molecule has 1 fully saturated rings. The van der Waals surface area contributed by atoms with Crippen molar-refractivity contribution in [3.05, 3.63) is 29.8 Å². The lowest BCUT2D eigenvalue weighted by atomic mass is 10.2. The average Bonchev–Trinajstić information content (AvgIpc) is 2.71. The number of carbonyl (C=O) groups excluding carboxylic acids is 1. The summed E-state index contributed by atoms with van der Waals surface area (Å²) in [6.07, 6.45) is 0. The van der Waals surface area contributed by atoms with Gasteiger partial charge in [-0.05, 0) is 31.3 Å². The Morgan fingerprint density at radius 3 is 2.82 bits per heavy atom. The van der Waals surface area contributed by atoms with Crippen molar-refractivity contribution in [3.63, 3.8) is 0 Å². The van der Waals surface area contributed by atoms with E-state index in [1.807, 2.05) is 7.05 Å². The maximum Gasteiger partial charge on any atom is 0.322 e. The highest BCUT2D eigenvalue weighted by Gasteiger charge is 2.28. The number of nitrogens with one attached hydrogen (secondary N) is 2. The van der Waals surface area contributed by atoms with Crippen LogP contribution in [0, 0.1) is 11.3 Å². The van der Waals surface area contributed by atoms with Crippen LogP contribution in [-0.4, -0.2) is 32.2 Å². The van der Waals surface area contributed by atoms with Gasteiger partial charge in [0.1, 0.15) is 0 Å². The molecular weight excluding hydrogens is 216 g/mol. The van der Waals surface area contributed by atoms with Crippen LogP contribution in [0.5, 0.6) is 0 Å². The predicted octanol–water partition coefficient (Wildman–Crippen LogP) is 0.676. The van der Waals surface area contributed by atoms with Crippen LogP contribution in [0.3, 0.4) is 0 Å². The van der Waals surface area contributed by atoms with Gasteiger partial charge in [0.2, 0.25) is 0 Å². The fraction of sp³-hybridized carbons (Fsp3) is 0.333. The highest BCUT2D eigenvalue weighted by atomic mass is 16.2. The van der Waals surface area contributed by atoms with E-state index in [0.29, 0.717) is 12.1 Å². The summed E-state index contributed by atoms with van der Waals surface area (Å²) in [6, 6.07) is 9.11. The second-order valence-corrected chi connectivity index (χ2v) is 3.97. The van der Waals surface area contributed by atoms with E-state index in [-0.39, 0.29) is 12.1 Å². The Labute approximate surface area is 100 Å². The van der Waals surface area contributed by atoms with E-state index in [1.54, 1.807) is 29.2 Å². The molecule has 0 bridgehead atoms. The van der Waals surface area contributed by atoms with Gasteiger partial charge >= 0.3 is 6.03 Å². The highest BCUT2D eigenvalue weighted by molar-refractivity contribution is 5.94. The maximum atomic E-state index is 11.7. The molecule has 1 aliphatic heterocycles. The molecule has 0 radical (unpaired) electrons. The van der Waals surface area contributed by atoms with Crippen molar-refractivity contribution in [3.8, 4) is 6.07 Å². The predicted molar refractivity (Wildman–Crippen MR) is 64.7 cm³/mol. The molecule has 1 saturated heterocycles. The summed E-state index contributed by atoms with van der Waals surface area (Å²) in [6.45, 7) is 1.39. The molecular formula is C12H14N4O. The average molecular weight is 230 g/mol. The van der Waals surface area contributed by atoms with Crippen LogP contribution in [-0.2, 0) is 0 Å². The van der Waals surface area contributed by atoms with Gasteiger partial charge in [-0.15, -0.1) is 0 Å². The third-order valence-electron chi connectivity index (χ3n) is 2.73. The van der Waals surface area contributed by atoms with Gasteiger partial charge in [-0.25, -0.2) is 4.79 Å². The molecule has 2 N–H and O–H groups in total. The topological polar surface area (TPSA) is 68.2 Å². The number of amides is 2.